The van der Waals surface area contributed by atoms with Gasteiger partial charge < -0.3 is 14.2 Å². The maximum absolute atomic E-state index is 15.1. The maximum atomic E-state index is 15.1. The average molecular weight is 619 g/mol. The number of para-hydroxylation sites is 2. The highest BCUT2D eigenvalue weighted by atomic mass is 19.1. The summed E-state index contributed by atoms with van der Waals surface area (Å²) in [6.07, 6.45) is 3.22. The van der Waals surface area contributed by atoms with Gasteiger partial charge in [-0.3, -0.25) is 14.7 Å². The summed E-state index contributed by atoms with van der Waals surface area (Å²) < 4.78 is 47.4. The zero-order valence-corrected chi connectivity index (χ0v) is 25.2. The lowest BCUT2D eigenvalue weighted by Gasteiger charge is -2.15. The minimum Gasteiger partial charge on any atom is -0.493 e. The highest BCUT2D eigenvalue weighted by Crippen LogP contribution is 2.42. The van der Waals surface area contributed by atoms with Crippen LogP contribution in [0.4, 0.5) is 14.7 Å². The highest BCUT2D eigenvalue weighted by Gasteiger charge is 2.28. The van der Waals surface area contributed by atoms with Crippen LogP contribution < -0.4 is 19.5 Å². The van der Waals surface area contributed by atoms with Crippen molar-refractivity contribution < 1.29 is 27.8 Å². The third-order valence-electron chi connectivity index (χ3n) is 8.13. The van der Waals surface area contributed by atoms with Crippen molar-refractivity contribution >= 4 is 45.4 Å². The first-order valence-corrected chi connectivity index (χ1v) is 14.6. The maximum Gasteiger partial charge on any atom is 0.259 e. The van der Waals surface area contributed by atoms with Crippen molar-refractivity contribution in [3.05, 3.63) is 113 Å². The van der Waals surface area contributed by atoms with Gasteiger partial charge in [-0.15, -0.1) is 0 Å². The van der Waals surface area contributed by atoms with Crippen LogP contribution in [-0.4, -0.2) is 41.8 Å². The van der Waals surface area contributed by atoms with E-state index in [4.69, 9.17) is 19.2 Å². The number of nitrogens with one attached hydrogen (secondary N) is 1. The SMILES string of the molecule is COc1cc(/C=C2\CCc3c2nc2ccccc2c3C(=O)Nc2nc3ccc(F)cc3n2-c2ccccc2F)cc(OC)c1OC. The summed E-state index contributed by atoms with van der Waals surface area (Å²) in [5.41, 5.74) is 5.22. The van der Waals surface area contributed by atoms with Gasteiger partial charge >= 0.3 is 0 Å². The quantitative estimate of drug-likeness (QED) is 0.198. The minimum absolute atomic E-state index is 0.0662. The molecular formula is C36H28F2N4O4. The molecule has 0 spiro atoms. The standard InChI is InChI=1S/C36H28F2N4O4/c1-44-30-17-20(18-31(45-2)34(30)46-3)16-21-12-14-24-32(23-8-4-6-10-26(23)39-33(21)24)35(43)41-36-40-27-15-13-22(37)19-29(27)42(36)28-11-7-5-9-25(28)38/h4-11,13,15-19H,12,14H2,1-3H3,(H,40,41,43)/b21-16+. The van der Waals surface area contributed by atoms with Crippen LogP contribution in [0.3, 0.4) is 0 Å². The molecule has 1 aliphatic rings. The van der Waals surface area contributed by atoms with Crippen LogP contribution in [0.1, 0.15) is 33.6 Å². The molecule has 0 atom stereocenters. The molecule has 0 unspecified atom stereocenters. The number of anilines is 1. The number of aromatic nitrogens is 3. The van der Waals surface area contributed by atoms with Gasteiger partial charge in [0.1, 0.15) is 11.6 Å². The van der Waals surface area contributed by atoms with E-state index in [0.717, 1.165) is 16.7 Å². The first kappa shape index (κ1) is 29.0. The van der Waals surface area contributed by atoms with Gasteiger partial charge in [0.05, 0.1) is 54.8 Å². The lowest BCUT2D eigenvalue weighted by Crippen LogP contribution is -2.18. The molecule has 6 aromatic rings. The fraction of sp³-hybridized carbons (Fsp3) is 0.139. The number of pyridine rings is 1. The fourth-order valence-corrected chi connectivity index (χ4v) is 6.10. The summed E-state index contributed by atoms with van der Waals surface area (Å²) >= 11 is 0. The smallest absolute Gasteiger partial charge is 0.259 e. The number of halogens is 2. The number of imidazole rings is 1. The fourth-order valence-electron chi connectivity index (χ4n) is 6.10. The molecule has 1 aliphatic carbocycles. The van der Waals surface area contributed by atoms with Gasteiger partial charge in [-0.1, -0.05) is 30.3 Å². The van der Waals surface area contributed by atoms with E-state index in [1.807, 2.05) is 42.5 Å². The molecule has 0 bridgehead atoms. The lowest BCUT2D eigenvalue weighted by molar-refractivity contribution is 0.102. The molecule has 46 heavy (non-hydrogen) atoms. The molecule has 8 nitrogen and oxygen atoms in total. The van der Waals surface area contributed by atoms with Gasteiger partial charge in [0.25, 0.3) is 5.91 Å². The summed E-state index contributed by atoms with van der Waals surface area (Å²) in [5.74, 6) is 0.123. The van der Waals surface area contributed by atoms with Gasteiger partial charge in [-0.2, -0.15) is 0 Å². The number of hydrogen-bond acceptors (Lipinski definition) is 6. The zero-order valence-electron chi connectivity index (χ0n) is 25.2. The molecule has 0 saturated carbocycles. The van der Waals surface area contributed by atoms with Gasteiger partial charge in [0.2, 0.25) is 11.7 Å². The van der Waals surface area contributed by atoms with Crippen molar-refractivity contribution in [3.8, 4) is 22.9 Å². The lowest BCUT2D eigenvalue weighted by atomic mass is 10.00. The van der Waals surface area contributed by atoms with E-state index in [0.29, 0.717) is 63.3 Å². The number of allylic oxidation sites excluding steroid dienone is 1. The normalized spacial score (nSPS) is 13.3. The number of amides is 1. The van der Waals surface area contributed by atoms with Crippen LogP contribution in [0, 0.1) is 11.6 Å². The molecular weight excluding hydrogens is 590 g/mol. The summed E-state index contributed by atoms with van der Waals surface area (Å²) in [6.45, 7) is 0. The second-order valence-corrected chi connectivity index (χ2v) is 10.8. The topological polar surface area (TPSA) is 87.5 Å². The minimum atomic E-state index is -0.543. The predicted molar refractivity (Wildman–Crippen MR) is 173 cm³/mol. The highest BCUT2D eigenvalue weighted by molar-refractivity contribution is 6.14. The van der Waals surface area contributed by atoms with Crippen molar-refractivity contribution in [2.75, 3.05) is 26.6 Å². The summed E-state index contributed by atoms with van der Waals surface area (Å²) in [7, 11) is 4.68. The molecule has 0 aliphatic heterocycles. The number of ether oxygens (including phenoxy) is 3. The first-order chi connectivity index (χ1) is 22.4. The number of carbonyl (C=O) groups excluding carboxylic acids is 1. The Hall–Kier alpha value is -5.77. The zero-order chi connectivity index (χ0) is 31.9. The Morgan fingerprint density at radius 3 is 2.33 bits per heavy atom. The summed E-state index contributed by atoms with van der Waals surface area (Å²) in [4.78, 5) is 23.8. The van der Waals surface area contributed by atoms with E-state index in [1.54, 1.807) is 39.5 Å². The molecule has 0 saturated heterocycles. The van der Waals surface area contributed by atoms with Crippen molar-refractivity contribution in [2.24, 2.45) is 0 Å². The molecule has 1 amide bonds. The van der Waals surface area contributed by atoms with Crippen molar-refractivity contribution in [2.45, 2.75) is 12.8 Å². The second-order valence-electron chi connectivity index (χ2n) is 10.8. The van der Waals surface area contributed by atoms with Gasteiger partial charge in [-0.25, -0.2) is 18.7 Å². The number of methoxy groups -OCH3 is 3. The Bertz CT molecular complexity index is 2180. The van der Waals surface area contributed by atoms with Gasteiger partial charge in [0.15, 0.2) is 11.5 Å². The van der Waals surface area contributed by atoms with E-state index in [1.165, 1.54) is 28.8 Å². The monoisotopic (exact) mass is 618 g/mol. The van der Waals surface area contributed by atoms with Gasteiger partial charge in [0, 0.05) is 11.5 Å². The molecule has 1 N–H and O–H groups in total. The third-order valence-corrected chi connectivity index (χ3v) is 8.13. The Labute approximate surface area is 262 Å². The summed E-state index contributed by atoms with van der Waals surface area (Å²) in [5, 5.41) is 3.59. The molecule has 10 heteroatoms. The van der Waals surface area contributed by atoms with E-state index in [2.05, 4.69) is 10.3 Å². The van der Waals surface area contributed by atoms with Crippen LogP contribution in [0.25, 0.3) is 39.3 Å². The number of carbonyl (C=O) groups is 1. The van der Waals surface area contributed by atoms with Crippen LogP contribution in [0.15, 0.2) is 78.9 Å². The predicted octanol–water partition coefficient (Wildman–Crippen LogP) is 7.62. The first-order valence-electron chi connectivity index (χ1n) is 14.6. The number of fused-ring (bicyclic) bond motifs is 3. The third kappa shape index (κ3) is 4.88. The average Bonchev–Trinajstić information content (AvgIpc) is 3.62. The molecule has 0 radical (unpaired) electrons. The molecule has 0 fully saturated rings. The summed E-state index contributed by atoms with van der Waals surface area (Å²) in [6, 6.07) is 21.3. The van der Waals surface area contributed by atoms with E-state index in [-0.39, 0.29) is 11.6 Å². The van der Waals surface area contributed by atoms with Crippen LogP contribution in [0.2, 0.25) is 0 Å². The van der Waals surface area contributed by atoms with E-state index >= 15 is 4.39 Å². The molecule has 7 rings (SSSR count). The van der Waals surface area contributed by atoms with Crippen molar-refractivity contribution in [3.63, 3.8) is 0 Å². The second kappa shape index (κ2) is 11.6. The molecule has 230 valence electrons. The number of hydrogen-bond donors (Lipinski definition) is 1. The Morgan fingerprint density at radius 1 is 0.848 bits per heavy atom. The van der Waals surface area contributed by atoms with E-state index < -0.39 is 17.5 Å². The van der Waals surface area contributed by atoms with Crippen LogP contribution in [-0.2, 0) is 6.42 Å². The number of benzene rings is 4. The Kier molecular flexibility index (Phi) is 7.32. The van der Waals surface area contributed by atoms with E-state index in [9.17, 15) is 9.18 Å². The largest absolute Gasteiger partial charge is 0.493 e. The number of rotatable bonds is 7. The molecule has 2 heterocycles. The van der Waals surface area contributed by atoms with Crippen molar-refractivity contribution in [1.82, 2.24) is 14.5 Å². The van der Waals surface area contributed by atoms with Gasteiger partial charge in [-0.05, 0) is 78.1 Å². The number of nitrogens with zero attached hydrogens (tertiary/aromatic N) is 3. The van der Waals surface area contributed by atoms with Crippen LogP contribution in [0.5, 0.6) is 17.2 Å². The Balaban J connectivity index is 1.36. The van der Waals surface area contributed by atoms with Crippen molar-refractivity contribution in [1.29, 1.82) is 0 Å². The van der Waals surface area contributed by atoms with Crippen LogP contribution >= 0.6 is 0 Å². The Morgan fingerprint density at radius 2 is 1.59 bits per heavy atom. The molecule has 2 aromatic heterocycles. The molecule has 4 aromatic carbocycles.